The van der Waals surface area contributed by atoms with Gasteiger partial charge >= 0.3 is 5.97 Å². The van der Waals surface area contributed by atoms with E-state index in [0.29, 0.717) is 22.5 Å². The number of azo groups is 1. The van der Waals surface area contributed by atoms with Crippen LogP contribution < -0.4 is 0 Å². The van der Waals surface area contributed by atoms with Crippen LogP contribution in [0, 0.1) is 20.8 Å². The molecule has 0 saturated heterocycles. The van der Waals surface area contributed by atoms with Crippen LogP contribution >= 0.6 is 0 Å². The lowest BCUT2D eigenvalue weighted by Gasteiger charge is -2.14. The van der Waals surface area contributed by atoms with Crippen molar-refractivity contribution in [3.63, 3.8) is 0 Å². The highest BCUT2D eigenvalue weighted by molar-refractivity contribution is 5.96. The molecule has 0 aliphatic heterocycles. The maximum absolute atomic E-state index is 11.9. The molecular formula is C17H18N2O3. The van der Waals surface area contributed by atoms with E-state index in [2.05, 4.69) is 10.2 Å². The normalized spacial score (nSPS) is 10.9. The first-order valence-electron chi connectivity index (χ1n) is 6.85. The maximum atomic E-state index is 11.9. The summed E-state index contributed by atoms with van der Waals surface area (Å²) in [5, 5.41) is 18.6. The number of rotatable bonds is 3. The highest BCUT2D eigenvalue weighted by Crippen LogP contribution is 2.38. The third-order valence-electron chi connectivity index (χ3n) is 3.65. The highest BCUT2D eigenvalue weighted by Gasteiger charge is 2.22. The topological polar surface area (TPSA) is 71.2 Å². The fourth-order valence-electron chi connectivity index (χ4n) is 2.22. The van der Waals surface area contributed by atoms with Gasteiger partial charge in [-0.2, -0.15) is 5.11 Å². The zero-order valence-electron chi connectivity index (χ0n) is 13.0. The van der Waals surface area contributed by atoms with Gasteiger partial charge in [-0.1, -0.05) is 18.2 Å². The molecule has 0 aromatic heterocycles. The molecule has 2 aromatic rings. The van der Waals surface area contributed by atoms with Crippen molar-refractivity contribution in [1.29, 1.82) is 0 Å². The molecule has 0 amide bonds. The molecule has 0 saturated carbocycles. The van der Waals surface area contributed by atoms with Gasteiger partial charge in [-0.15, -0.1) is 5.11 Å². The number of phenols is 1. The molecule has 0 atom stereocenters. The molecule has 1 N–H and O–H groups in total. The van der Waals surface area contributed by atoms with Crippen molar-refractivity contribution < 1.29 is 14.6 Å². The smallest absolute Gasteiger partial charge is 0.342 e. The van der Waals surface area contributed by atoms with E-state index in [1.54, 1.807) is 13.8 Å². The van der Waals surface area contributed by atoms with E-state index in [4.69, 9.17) is 4.74 Å². The van der Waals surface area contributed by atoms with Crippen molar-refractivity contribution in [3.8, 4) is 5.75 Å². The number of esters is 1. The number of ether oxygens (including phenoxy) is 1. The number of methoxy groups -OCH3 is 1. The summed E-state index contributed by atoms with van der Waals surface area (Å²) < 4.78 is 4.74. The average Bonchev–Trinajstić information content (AvgIpc) is 2.53. The molecule has 5 nitrogen and oxygen atoms in total. The summed E-state index contributed by atoms with van der Waals surface area (Å²) in [6, 6.07) is 9.31. The fourth-order valence-corrected chi connectivity index (χ4v) is 2.22. The van der Waals surface area contributed by atoms with Crippen LogP contribution in [-0.4, -0.2) is 18.2 Å². The fraction of sp³-hybridized carbons (Fsp3) is 0.235. The third-order valence-corrected chi connectivity index (χ3v) is 3.65. The quantitative estimate of drug-likeness (QED) is 0.669. The molecule has 0 fully saturated rings. The van der Waals surface area contributed by atoms with E-state index < -0.39 is 5.97 Å². The predicted molar refractivity (Wildman–Crippen MR) is 84.3 cm³/mol. The molecule has 22 heavy (non-hydrogen) atoms. The zero-order valence-corrected chi connectivity index (χ0v) is 13.0. The summed E-state index contributed by atoms with van der Waals surface area (Å²) in [5.74, 6) is -0.658. The van der Waals surface area contributed by atoms with Crippen LogP contribution in [0.4, 0.5) is 11.4 Å². The van der Waals surface area contributed by atoms with Crippen LogP contribution in [0.2, 0.25) is 0 Å². The van der Waals surface area contributed by atoms with E-state index in [1.165, 1.54) is 7.11 Å². The second-order valence-electron chi connectivity index (χ2n) is 4.97. The van der Waals surface area contributed by atoms with E-state index in [9.17, 15) is 9.90 Å². The molecule has 114 valence electrons. The Morgan fingerprint density at radius 3 is 2.23 bits per heavy atom. The lowest BCUT2D eigenvalue weighted by molar-refractivity contribution is 0.0596. The summed E-state index contributed by atoms with van der Waals surface area (Å²) in [4.78, 5) is 11.9. The highest BCUT2D eigenvalue weighted by atomic mass is 16.5. The maximum Gasteiger partial charge on any atom is 0.342 e. The number of carbonyl (C=O) groups is 1. The number of aromatic hydroxyl groups is 1. The van der Waals surface area contributed by atoms with Crippen LogP contribution in [0.3, 0.4) is 0 Å². The lowest BCUT2D eigenvalue weighted by atomic mass is 9.96. The van der Waals surface area contributed by atoms with E-state index in [-0.39, 0.29) is 11.3 Å². The first kappa shape index (κ1) is 15.7. The van der Waals surface area contributed by atoms with Gasteiger partial charge in [0.05, 0.1) is 18.5 Å². The Kier molecular flexibility index (Phi) is 4.56. The van der Waals surface area contributed by atoms with Gasteiger partial charge in [0.1, 0.15) is 11.3 Å². The number of hydrogen-bond donors (Lipinski definition) is 1. The molecule has 0 aliphatic carbocycles. The Morgan fingerprint density at radius 2 is 1.64 bits per heavy atom. The standard InChI is InChI=1S/C17H18N2O3/c1-10-11(2)16(20)14(17(21)22-4)12(3)15(10)19-18-13-8-6-5-7-9-13/h5-9,20H,1-4H3. The van der Waals surface area contributed by atoms with Gasteiger partial charge in [0.2, 0.25) is 0 Å². The summed E-state index contributed by atoms with van der Waals surface area (Å²) in [6.45, 7) is 5.29. The van der Waals surface area contributed by atoms with Gasteiger partial charge in [0.25, 0.3) is 0 Å². The van der Waals surface area contributed by atoms with E-state index >= 15 is 0 Å². The lowest BCUT2D eigenvalue weighted by Crippen LogP contribution is -2.06. The summed E-state index contributed by atoms with van der Waals surface area (Å²) >= 11 is 0. The van der Waals surface area contributed by atoms with E-state index in [0.717, 1.165) is 5.56 Å². The van der Waals surface area contributed by atoms with Crippen LogP contribution in [-0.2, 0) is 4.74 Å². The molecule has 0 aliphatic rings. The molecule has 0 heterocycles. The van der Waals surface area contributed by atoms with Crippen molar-refractivity contribution in [2.45, 2.75) is 20.8 Å². The van der Waals surface area contributed by atoms with Gasteiger partial charge in [-0.3, -0.25) is 0 Å². The average molecular weight is 298 g/mol. The summed E-state index contributed by atoms with van der Waals surface area (Å²) in [6.07, 6.45) is 0. The summed E-state index contributed by atoms with van der Waals surface area (Å²) in [5.41, 5.74) is 3.33. The Morgan fingerprint density at radius 1 is 1.00 bits per heavy atom. The van der Waals surface area contributed by atoms with Crippen molar-refractivity contribution in [2.24, 2.45) is 10.2 Å². The first-order chi connectivity index (χ1) is 10.5. The predicted octanol–water partition coefficient (Wildman–Crippen LogP) is 4.52. The summed E-state index contributed by atoms with van der Waals surface area (Å²) in [7, 11) is 1.28. The van der Waals surface area contributed by atoms with Crippen molar-refractivity contribution in [3.05, 3.63) is 52.6 Å². The van der Waals surface area contributed by atoms with Crippen molar-refractivity contribution in [1.82, 2.24) is 0 Å². The second kappa shape index (κ2) is 6.39. The Bertz CT molecular complexity index is 738. The molecule has 0 bridgehead atoms. The van der Waals surface area contributed by atoms with Crippen LogP contribution in [0.15, 0.2) is 40.6 Å². The number of phenolic OH excluding ortho intramolecular Hbond substituents is 1. The molecule has 2 rings (SSSR count). The van der Waals surface area contributed by atoms with Crippen molar-refractivity contribution in [2.75, 3.05) is 7.11 Å². The Hall–Kier alpha value is -2.69. The second-order valence-corrected chi connectivity index (χ2v) is 4.97. The largest absolute Gasteiger partial charge is 0.507 e. The van der Waals surface area contributed by atoms with Crippen molar-refractivity contribution >= 4 is 17.3 Å². The minimum Gasteiger partial charge on any atom is -0.507 e. The van der Waals surface area contributed by atoms with Gasteiger partial charge < -0.3 is 9.84 Å². The molecular weight excluding hydrogens is 280 g/mol. The number of nitrogens with zero attached hydrogens (tertiary/aromatic N) is 2. The Labute approximate surface area is 129 Å². The van der Waals surface area contributed by atoms with Crippen LogP contribution in [0.25, 0.3) is 0 Å². The van der Waals surface area contributed by atoms with Gasteiger partial charge in [-0.25, -0.2) is 4.79 Å². The molecule has 0 radical (unpaired) electrons. The van der Waals surface area contributed by atoms with Gasteiger partial charge in [-0.05, 0) is 49.6 Å². The first-order valence-corrected chi connectivity index (χ1v) is 6.85. The third kappa shape index (κ3) is 2.83. The monoisotopic (exact) mass is 298 g/mol. The molecule has 0 spiro atoms. The minimum absolute atomic E-state index is 0.0690. The number of carbonyl (C=O) groups excluding carboxylic acids is 1. The molecule has 2 aromatic carbocycles. The molecule has 5 heteroatoms. The Balaban J connectivity index is 2.59. The number of hydrogen-bond acceptors (Lipinski definition) is 5. The minimum atomic E-state index is -0.589. The van der Waals surface area contributed by atoms with Gasteiger partial charge in [0, 0.05) is 0 Å². The number of benzene rings is 2. The van der Waals surface area contributed by atoms with Crippen LogP contribution in [0.5, 0.6) is 5.75 Å². The van der Waals surface area contributed by atoms with Crippen LogP contribution in [0.1, 0.15) is 27.0 Å². The zero-order chi connectivity index (χ0) is 16.3. The SMILES string of the molecule is COC(=O)c1c(C)c(N=Nc2ccccc2)c(C)c(C)c1O. The van der Waals surface area contributed by atoms with Gasteiger partial charge in [0.15, 0.2) is 0 Å². The molecule has 0 unspecified atom stereocenters. The van der Waals surface area contributed by atoms with E-state index in [1.807, 2.05) is 37.3 Å².